The molecule has 1 heterocycles. The van der Waals surface area contributed by atoms with Crippen LogP contribution in [-0.4, -0.2) is 15.7 Å². The van der Waals surface area contributed by atoms with Crippen LogP contribution in [0.3, 0.4) is 0 Å². The molecule has 0 bridgehead atoms. The van der Waals surface area contributed by atoms with Gasteiger partial charge in [0.1, 0.15) is 5.82 Å². The summed E-state index contributed by atoms with van der Waals surface area (Å²) in [4.78, 5) is 12.2. The Hall–Kier alpha value is -2.87. The molecule has 1 aromatic heterocycles. The van der Waals surface area contributed by atoms with Crippen molar-refractivity contribution in [3.63, 3.8) is 0 Å². The van der Waals surface area contributed by atoms with E-state index in [9.17, 15) is 22.4 Å². The van der Waals surface area contributed by atoms with Gasteiger partial charge in [-0.25, -0.2) is 9.07 Å². The Kier molecular flexibility index (Phi) is 5.18. The van der Waals surface area contributed by atoms with Crippen LogP contribution in [0.15, 0.2) is 54.9 Å². The van der Waals surface area contributed by atoms with Crippen molar-refractivity contribution in [2.24, 2.45) is 0 Å². The molecule has 0 fully saturated rings. The molecule has 1 amide bonds. The summed E-state index contributed by atoms with van der Waals surface area (Å²) in [5, 5.41) is 6.08. The number of anilines is 1. The standard InChI is InChI=1S/C18H12ClF4N3O/c19-14-3-1-4-15(20)12(14)10-17(27)25-16-6-5-11(26-8-2-7-24-26)9-13(16)18(21,22)23/h1-9H,10H2,(H,25,27). The third-order valence-electron chi connectivity index (χ3n) is 3.75. The molecular formula is C18H12ClF4N3O. The summed E-state index contributed by atoms with van der Waals surface area (Å²) in [6.07, 6.45) is -2.28. The molecule has 0 unspecified atom stereocenters. The van der Waals surface area contributed by atoms with Crippen LogP contribution < -0.4 is 5.32 Å². The Labute approximate surface area is 156 Å². The fourth-order valence-electron chi connectivity index (χ4n) is 2.50. The molecule has 0 aliphatic heterocycles. The van der Waals surface area contributed by atoms with Crippen molar-refractivity contribution >= 4 is 23.2 Å². The number of amides is 1. The molecule has 140 valence electrons. The Morgan fingerprint density at radius 2 is 1.96 bits per heavy atom. The highest BCUT2D eigenvalue weighted by Gasteiger charge is 2.34. The highest BCUT2D eigenvalue weighted by molar-refractivity contribution is 6.31. The zero-order valence-electron chi connectivity index (χ0n) is 13.6. The Bertz CT molecular complexity index is 951. The largest absolute Gasteiger partial charge is 0.418 e. The Balaban J connectivity index is 1.89. The number of nitrogens with zero attached hydrogens (tertiary/aromatic N) is 2. The van der Waals surface area contributed by atoms with Gasteiger partial charge in [-0.15, -0.1) is 0 Å². The van der Waals surface area contributed by atoms with Crippen LogP contribution >= 0.6 is 11.6 Å². The first-order valence-electron chi connectivity index (χ1n) is 7.69. The molecule has 2 aromatic carbocycles. The van der Waals surface area contributed by atoms with Crippen LogP contribution in [0, 0.1) is 5.82 Å². The normalized spacial score (nSPS) is 11.4. The summed E-state index contributed by atoms with van der Waals surface area (Å²) < 4.78 is 55.3. The van der Waals surface area contributed by atoms with E-state index >= 15 is 0 Å². The zero-order chi connectivity index (χ0) is 19.6. The third-order valence-corrected chi connectivity index (χ3v) is 4.10. The van der Waals surface area contributed by atoms with E-state index in [1.165, 1.54) is 35.3 Å². The minimum absolute atomic E-state index is 0.0234. The minimum atomic E-state index is -4.71. The summed E-state index contributed by atoms with van der Waals surface area (Å²) in [5.41, 5.74) is -1.37. The monoisotopic (exact) mass is 397 g/mol. The first kappa shape index (κ1) is 18.9. The average molecular weight is 398 g/mol. The van der Waals surface area contributed by atoms with Crippen molar-refractivity contribution in [1.82, 2.24) is 9.78 Å². The van der Waals surface area contributed by atoms with Crippen molar-refractivity contribution in [2.45, 2.75) is 12.6 Å². The van der Waals surface area contributed by atoms with Gasteiger partial charge in [0.2, 0.25) is 5.91 Å². The van der Waals surface area contributed by atoms with E-state index in [-0.39, 0.29) is 16.3 Å². The maximum Gasteiger partial charge on any atom is 0.418 e. The quantitative estimate of drug-likeness (QED) is 0.639. The van der Waals surface area contributed by atoms with Gasteiger partial charge in [0.15, 0.2) is 0 Å². The number of carbonyl (C=O) groups excluding carboxylic acids is 1. The lowest BCUT2D eigenvalue weighted by Crippen LogP contribution is -2.19. The second kappa shape index (κ2) is 7.40. The molecule has 3 rings (SSSR count). The van der Waals surface area contributed by atoms with Gasteiger partial charge in [-0.05, 0) is 36.4 Å². The van der Waals surface area contributed by atoms with Gasteiger partial charge >= 0.3 is 6.18 Å². The molecule has 0 spiro atoms. The molecule has 0 saturated heterocycles. The molecule has 0 atom stereocenters. The summed E-state index contributed by atoms with van der Waals surface area (Å²) in [7, 11) is 0. The van der Waals surface area contributed by atoms with Gasteiger partial charge in [0.25, 0.3) is 0 Å². The molecule has 0 radical (unpaired) electrons. The van der Waals surface area contributed by atoms with Gasteiger partial charge in [-0.3, -0.25) is 4.79 Å². The number of carbonyl (C=O) groups is 1. The number of alkyl halides is 3. The second-order valence-electron chi connectivity index (χ2n) is 5.60. The molecular weight excluding hydrogens is 386 g/mol. The van der Waals surface area contributed by atoms with E-state index in [2.05, 4.69) is 10.4 Å². The number of hydrogen-bond donors (Lipinski definition) is 1. The lowest BCUT2D eigenvalue weighted by Gasteiger charge is -2.16. The van der Waals surface area contributed by atoms with Crippen LogP contribution in [0.25, 0.3) is 5.69 Å². The molecule has 0 aliphatic carbocycles. The predicted molar refractivity (Wildman–Crippen MR) is 92.3 cm³/mol. The topological polar surface area (TPSA) is 46.9 Å². The van der Waals surface area contributed by atoms with E-state index in [1.807, 2.05) is 0 Å². The maximum atomic E-state index is 13.8. The highest BCUT2D eigenvalue weighted by atomic mass is 35.5. The Morgan fingerprint density at radius 1 is 1.19 bits per heavy atom. The van der Waals surface area contributed by atoms with E-state index in [0.717, 1.165) is 18.2 Å². The van der Waals surface area contributed by atoms with Crippen molar-refractivity contribution in [2.75, 3.05) is 5.32 Å². The summed E-state index contributed by atoms with van der Waals surface area (Å²) in [6, 6.07) is 8.84. The van der Waals surface area contributed by atoms with Crippen LogP contribution in [0.4, 0.5) is 23.2 Å². The summed E-state index contributed by atoms with van der Waals surface area (Å²) in [6.45, 7) is 0. The molecule has 3 aromatic rings. The fraction of sp³-hybridized carbons (Fsp3) is 0.111. The van der Waals surface area contributed by atoms with Crippen LogP contribution in [0.5, 0.6) is 0 Å². The van der Waals surface area contributed by atoms with Crippen LogP contribution in [0.1, 0.15) is 11.1 Å². The number of halogens is 5. The summed E-state index contributed by atoms with van der Waals surface area (Å²) in [5.74, 6) is -1.53. The number of hydrogen-bond acceptors (Lipinski definition) is 2. The molecule has 9 heteroatoms. The van der Waals surface area contributed by atoms with E-state index < -0.39 is 35.6 Å². The lowest BCUT2D eigenvalue weighted by atomic mass is 10.1. The third kappa shape index (κ3) is 4.28. The first-order chi connectivity index (χ1) is 12.8. The van der Waals surface area contributed by atoms with Gasteiger partial charge in [0, 0.05) is 23.0 Å². The van der Waals surface area contributed by atoms with Crippen molar-refractivity contribution < 1.29 is 22.4 Å². The number of nitrogens with one attached hydrogen (secondary N) is 1. The molecule has 0 aliphatic rings. The maximum absolute atomic E-state index is 13.8. The molecule has 1 N–H and O–H groups in total. The van der Waals surface area contributed by atoms with Gasteiger partial charge in [-0.1, -0.05) is 17.7 Å². The number of rotatable bonds is 4. The lowest BCUT2D eigenvalue weighted by molar-refractivity contribution is -0.137. The predicted octanol–water partition coefficient (Wildman–Crippen LogP) is 4.86. The zero-order valence-corrected chi connectivity index (χ0v) is 14.4. The van der Waals surface area contributed by atoms with Crippen LogP contribution in [-0.2, 0) is 17.4 Å². The SMILES string of the molecule is O=C(Cc1c(F)cccc1Cl)Nc1ccc(-n2cccn2)cc1C(F)(F)F. The van der Waals surface area contributed by atoms with Gasteiger partial charge in [-0.2, -0.15) is 18.3 Å². The van der Waals surface area contributed by atoms with Crippen LogP contribution in [0.2, 0.25) is 5.02 Å². The second-order valence-corrected chi connectivity index (χ2v) is 6.01. The van der Waals surface area contributed by atoms with Gasteiger partial charge < -0.3 is 5.32 Å². The first-order valence-corrected chi connectivity index (χ1v) is 8.07. The molecule has 0 saturated carbocycles. The van der Waals surface area contributed by atoms with E-state index in [1.54, 1.807) is 6.07 Å². The van der Waals surface area contributed by atoms with E-state index in [4.69, 9.17) is 11.6 Å². The average Bonchev–Trinajstić information content (AvgIpc) is 3.12. The van der Waals surface area contributed by atoms with Crippen molar-refractivity contribution in [1.29, 1.82) is 0 Å². The van der Waals surface area contributed by atoms with E-state index in [0.29, 0.717) is 0 Å². The fourth-order valence-corrected chi connectivity index (χ4v) is 2.73. The molecule has 27 heavy (non-hydrogen) atoms. The minimum Gasteiger partial charge on any atom is -0.325 e. The number of aromatic nitrogens is 2. The van der Waals surface area contributed by atoms with Crippen molar-refractivity contribution in [3.05, 3.63) is 76.8 Å². The highest BCUT2D eigenvalue weighted by Crippen LogP contribution is 2.36. The smallest absolute Gasteiger partial charge is 0.325 e. The van der Waals surface area contributed by atoms with Crippen molar-refractivity contribution in [3.8, 4) is 5.69 Å². The molecule has 4 nitrogen and oxygen atoms in total. The summed E-state index contributed by atoms with van der Waals surface area (Å²) >= 11 is 5.85. The number of benzene rings is 2. The Morgan fingerprint density at radius 3 is 2.59 bits per heavy atom. The van der Waals surface area contributed by atoms with Gasteiger partial charge in [0.05, 0.1) is 23.4 Å².